The Kier molecular flexibility index (Phi) is 5.32. The Hall–Kier alpha value is -2.66. The Labute approximate surface area is 196 Å². The van der Waals surface area contributed by atoms with Crippen LogP contribution in [0.3, 0.4) is 0 Å². The summed E-state index contributed by atoms with van der Waals surface area (Å²) < 4.78 is 12.7. The summed E-state index contributed by atoms with van der Waals surface area (Å²) in [6, 6.07) is 13.5. The van der Waals surface area contributed by atoms with Gasteiger partial charge in [-0.25, -0.2) is 0 Å². The number of aromatic hydroxyl groups is 1. The summed E-state index contributed by atoms with van der Waals surface area (Å²) in [6.07, 6.45) is 0. The number of phenolic OH excluding ortho intramolecular Hbond substituents is 1. The van der Waals surface area contributed by atoms with E-state index in [1.54, 1.807) is 25.2 Å². The number of rotatable bonds is 4. The number of carbonyl (C=O) groups excluding carboxylic acids is 1. The van der Waals surface area contributed by atoms with Crippen molar-refractivity contribution in [3.8, 4) is 17.2 Å². The number of carbonyl (C=O) groups is 1. The number of aryl methyl sites for hydroxylation is 1. The summed E-state index contributed by atoms with van der Waals surface area (Å²) in [7, 11) is 3.21. The van der Waals surface area contributed by atoms with Crippen LogP contribution < -0.4 is 14.4 Å². The molecule has 5 nitrogen and oxygen atoms in total. The number of amides is 1. The average Bonchev–Trinajstić information content (AvgIpc) is 3.38. The van der Waals surface area contributed by atoms with E-state index in [9.17, 15) is 9.90 Å². The molecule has 0 radical (unpaired) electrons. The van der Waals surface area contributed by atoms with Crippen LogP contribution in [-0.2, 0) is 0 Å². The van der Waals surface area contributed by atoms with Crippen LogP contribution in [0.5, 0.6) is 17.2 Å². The van der Waals surface area contributed by atoms with Crippen LogP contribution in [-0.4, -0.2) is 52.2 Å². The first kappa shape index (κ1) is 21.2. The number of ether oxygens (including phenoxy) is 2. The first-order valence-corrected chi connectivity index (χ1v) is 12.5. The number of alkyl halides is 1. The minimum atomic E-state index is -0.152. The van der Waals surface area contributed by atoms with Gasteiger partial charge in [-0.3, -0.25) is 0 Å². The number of halogens is 1. The first-order chi connectivity index (χ1) is 15.4. The van der Waals surface area contributed by atoms with E-state index in [4.69, 9.17) is 21.1 Å². The number of phenols is 1. The van der Waals surface area contributed by atoms with Crippen molar-refractivity contribution in [3.63, 3.8) is 0 Å². The molecule has 1 aromatic heterocycles. The molecular weight excluding hydrogens is 493 g/mol. The Morgan fingerprint density at radius 1 is 1.12 bits per heavy atom. The Morgan fingerprint density at radius 3 is 2.59 bits per heavy atom. The maximum atomic E-state index is 13.6. The maximum absolute atomic E-state index is 13.6. The molecule has 0 saturated heterocycles. The third kappa shape index (κ3) is 3.25. The molecule has 1 aliphatic rings. The standard InChI is InChI=1S/C25H22ClNO4Se/c1-13-4-5-16-17(6-13)24-15(11-26)12-27(18(24)9-19(16)28)25(29)23-8-14-7-20(30-2)21(31-3)10-22(14)32-23/h4-10,15,28H,11-12H2,1-3H3/t15-/m1/s1. The van der Waals surface area contributed by atoms with Crippen LogP contribution in [0.1, 0.15) is 26.3 Å². The van der Waals surface area contributed by atoms with Crippen molar-refractivity contribution in [2.24, 2.45) is 0 Å². The van der Waals surface area contributed by atoms with E-state index >= 15 is 0 Å². The summed E-state index contributed by atoms with van der Waals surface area (Å²) >= 11 is 6.19. The van der Waals surface area contributed by atoms with Gasteiger partial charge in [0.25, 0.3) is 0 Å². The monoisotopic (exact) mass is 515 g/mol. The molecule has 7 heteroatoms. The second-order valence-corrected chi connectivity index (χ2v) is 10.6. The van der Waals surface area contributed by atoms with Gasteiger partial charge in [0, 0.05) is 0 Å². The van der Waals surface area contributed by atoms with Crippen LogP contribution in [0.25, 0.3) is 20.4 Å². The predicted octanol–water partition coefficient (Wildman–Crippen LogP) is 5.06. The quantitative estimate of drug-likeness (QED) is 0.305. The number of hydrogen-bond donors (Lipinski definition) is 1. The van der Waals surface area contributed by atoms with Crippen molar-refractivity contribution in [1.82, 2.24) is 0 Å². The molecular formula is C25H22ClNO4Se. The SMILES string of the molecule is COc1cc2cc(C(=O)N3C[C@@H](CCl)c4c3cc(O)c3ccc(C)cc43)[se]c2cc1OC. The van der Waals surface area contributed by atoms with Crippen molar-refractivity contribution < 1.29 is 19.4 Å². The zero-order valence-electron chi connectivity index (χ0n) is 17.9. The van der Waals surface area contributed by atoms with Gasteiger partial charge in [0.05, 0.1) is 0 Å². The van der Waals surface area contributed by atoms with Crippen LogP contribution in [0.2, 0.25) is 0 Å². The third-order valence-corrected chi connectivity index (χ3v) is 8.71. The van der Waals surface area contributed by atoms with Gasteiger partial charge in [-0.05, 0) is 0 Å². The van der Waals surface area contributed by atoms with Crippen molar-refractivity contribution in [2.45, 2.75) is 12.8 Å². The zero-order valence-corrected chi connectivity index (χ0v) is 20.4. The summed E-state index contributed by atoms with van der Waals surface area (Å²) in [5.41, 5.74) is 2.89. The van der Waals surface area contributed by atoms with E-state index in [-0.39, 0.29) is 32.1 Å². The molecule has 0 fully saturated rings. The van der Waals surface area contributed by atoms with Gasteiger partial charge in [-0.1, -0.05) is 0 Å². The van der Waals surface area contributed by atoms with Gasteiger partial charge in [0.1, 0.15) is 0 Å². The van der Waals surface area contributed by atoms with Gasteiger partial charge < -0.3 is 0 Å². The second kappa shape index (κ2) is 8.04. The van der Waals surface area contributed by atoms with E-state index in [0.717, 1.165) is 41.7 Å². The van der Waals surface area contributed by atoms with E-state index in [1.807, 2.05) is 37.3 Å². The van der Waals surface area contributed by atoms with Crippen molar-refractivity contribution in [1.29, 1.82) is 0 Å². The topological polar surface area (TPSA) is 59.0 Å². The van der Waals surface area contributed by atoms with Crippen LogP contribution in [0, 0.1) is 6.92 Å². The van der Waals surface area contributed by atoms with Crippen molar-refractivity contribution in [3.05, 3.63) is 58.0 Å². The van der Waals surface area contributed by atoms with Gasteiger partial charge in [0.15, 0.2) is 0 Å². The average molecular weight is 515 g/mol. The normalized spacial score (nSPS) is 15.4. The summed E-state index contributed by atoms with van der Waals surface area (Å²) in [4.78, 5) is 15.4. The number of hydrogen-bond acceptors (Lipinski definition) is 4. The fourth-order valence-electron chi connectivity index (χ4n) is 4.51. The molecule has 1 N–H and O–H groups in total. The molecule has 5 rings (SSSR count). The summed E-state index contributed by atoms with van der Waals surface area (Å²) in [5.74, 6) is 1.86. The molecule has 32 heavy (non-hydrogen) atoms. The zero-order chi connectivity index (χ0) is 22.6. The first-order valence-electron chi connectivity index (χ1n) is 10.2. The fourth-order valence-corrected chi connectivity index (χ4v) is 6.91. The molecule has 1 atom stereocenters. The number of anilines is 1. The van der Waals surface area contributed by atoms with E-state index in [2.05, 4.69) is 6.07 Å². The van der Waals surface area contributed by atoms with Gasteiger partial charge >= 0.3 is 197 Å². The second-order valence-electron chi connectivity index (χ2n) is 8.00. The van der Waals surface area contributed by atoms with Gasteiger partial charge in [-0.2, -0.15) is 0 Å². The number of nitrogens with zero attached hydrogens (tertiary/aromatic N) is 1. The molecule has 0 saturated carbocycles. The molecule has 0 aliphatic carbocycles. The number of benzene rings is 3. The van der Waals surface area contributed by atoms with E-state index < -0.39 is 0 Å². The molecule has 2 heterocycles. The van der Waals surface area contributed by atoms with E-state index in [1.165, 1.54) is 0 Å². The molecule has 4 aromatic rings. The number of methoxy groups -OCH3 is 2. The van der Waals surface area contributed by atoms with Gasteiger partial charge in [0.2, 0.25) is 0 Å². The van der Waals surface area contributed by atoms with Crippen LogP contribution in [0.15, 0.2) is 42.5 Å². The Balaban J connectivity index is 1.62. The molecule has 0 unspecified atom stereocenters. The summed E-state index contributed by atoms with van der Waals surface area (Å²) in [5, 5.41) is 13.4. The molecule has 0 bridgehead atoms. The van der Waals surface area contributed by atoms with Crippen LogP contribution >= 0.6 is 11.6 Å². The predicted molar refractivity (Wildman–Crippen MR) is 129 cm³/mol. The number of fused-ring (bicyclic) bond motifs is 4. The third-order valence-electron chi connectivity index (χ3n) is 6.06. The van der Waals surface area contributed by atoms with Crippen molar-refractivity contribution >= 4 is 58.1 Å². The molecule has 1 aliphatic heterocycles. The molecule has 1 amide bonds. The Bertz CT molecular complexity index is 1340. The molecule has 164 valence electrons. The van der Waals surface area contributed by atoms with E-state index in [0.29, 0.717) is 23.9 Å². The Morgan fingerprint density at radius 2 is 1.88 bits per heavy atom. The van der Waals surface area contributed by atoms with Crippen LogP contribution in [0.4, 0.5) is 5.69 Å². The fraction of sp³-hybridized carbons (Fsp3) is 0.240. The van der Waals surface area contributed by atoms with Crippen molar-refractivity contribution in [2.75, 3.05) is 31.5 Å². The molecule has 0 spiro atoms. The minimum absolute atomic E-state index is 0.0117. The molecule has 3 aromatic carbocycles. The summed E-state index contributed by atoms with van der Waals surface area (Å²) in [6.45, 7) is 2.52. The van der Waals surface area contributed by atoms with Gasteiger partial charge in [-0.15, -0.1) is 0 Å².